The average molecular weight is 282 g/mol. The zero-order valence-corrected chi connectivity index (χ0v) is 14.5. The summed E-state index contributed by atoms with van der Waals surface area (Å²) in [5.41, 5.74) is 3.59. The zero-order chi connectivity index (χ0) is 15.4. The molecule has 3 rings (SSSR count). The van der Waals surface area contributed by atoms with E-state index in [0.29, 0.717) is 0 Å². The smallest absolute Gasteiger partial charge is 0.00981 e. The first-order valence-corrected chi connectivity index (χ1v) is 8.47. The van der Waals surface area contributed by atoms with Crippen LogP contribution in [0, 0.1) is 34.5 Å². The molecule has 0 aromatic heterocycles. The van der Waals surface area contributed by atoms with Crippen molar-refractivity contribution in [2.45, 2.75) is 48.0 Å². The van der Waals surface area contributed by atoms with Crippen molar-refractivity contribution in [3.63, 3.8) is 0 Å². The summed E-state index contributed by atoms with van der Waals surface area (Å²) in [7, 11) is 0. The van der Waals surface area contributed by atoms with Crippen LogP contribution in [-0.4, -0.2) is 0 Å². The lowest BCUT2D eigenvalue weighted by molar-refractivity contribution is 0.433. The van der Waals surface area contributed by atoms with Crippen LogP contribution in [0.5, 0.6) is 0 Å². The summed E-state index contributed by atoms with van der Waals surface area (Å²) >= 11 is 0. The fraction of sp³-hybridized carbons (Fsp3) is 0.619. The van der Waals surface area contributed by atoms with Gasteiger partial charge in [-0.2, -0.15) is 0 Å². The van der Waals surface area contributed by atoms with Crippen molar-refractivity contribution < 1.29 is 0 Å². The zero-order valence-electron chi connectivity index (χ0n) is 14.5. The maximum atomic E-state index is 2.57. The molecule has 0 aromatic carbocycles. The molecule has 1 fully saturated rings. The topological polar surface area (TPSA) is 0 Å². The van der Waals surface area contributed by atoms with Crippen molar-refractivity contribution >= 4 is 0 Å². The van der Waals surface area contributed by atoms with Crippen LogP contribution in [0.2, 0.25) is 0 Å². The van der Waals surface area contributed by atoms with E-state index >= 15 is 0 Å². The summed E-state index contributed by atoms with van der Waals surface area (Å²) in [5, 5.41) is 0. The van der Waals surface area contributed by atoms with Gasteiger partial charge in [-0.25, -0.2) is 0 Å². The second-order valence-electron chi connectivity index (χ2n) is 9.18. The lowest BCUT2D eigenvalue weighted by Crippen LogP contribution is -2.20. The highest BCUT2D eigenvalue weighted by Gasteiger charge is 2.42. The Morgan fingerprint density at radius 1 is 0.714 bits per heavy atom. The fourth-order valence-corrected chi connectivity index (χ4v) is 4.10. The molecule has 0 heterocycles. The summed E-state index contributed by atoms with van der Waals surface area (Å²) in [6.45, 7) is 13.9. The Morgan fingerprint density at radius 3 is 1.43 bits per heavy atom. The predicted octanol–water partition coefficient (Wildman–Crippen LogP) is 5.94. The molecule has 114 valence electrons. The number of rotatable bonds is 0. The molecule has 0 nitrogen and oxygen atoms in total. The van der Waals surface area contributed by atoms with Crippen molar-refractivity contribution in [3.8, 4) is 0 Å². The van der Waals surface area contributed by atoms with Crippen molar-refractivity contribution in [2.24, 2.45) is 34.5 Å². The first kappa shape index (κ1) is 14.9. The van der Waals surface area contributed by atoms with Crippen LogP contribution in [0.4, 0.5) is 0 Å². The summed E-state index contributed by atoms with van der Waals surface area (Å²) < 4.78 is 0. The summed E-state index contributed by atoms with van der Waals surface area (Å²) in [4.78, 5) is 0. The lowest BCUT2D eigenvalue weighted by atomic mass is 9.74. The molecule has 0 aromatic rings. The van der Waals surface area contributed by atoms with Gasteiger partial charge < -0.3 is 0 Å². The third kappa shape index (κ3) is 2.70. The third-order valence-corrected chi connectivity index (χ3v) is 5.49. The van der Waals surface area contributed by atoms with E-state index in [1.807, 2.05) is 0 Å². The number of hydrogen-bond acceptors (Lipinski definition) is 0. The quantitative estimate of drug-likeness (QED) is 0.516. The molecule has 1 saturated carbocycles. The van der Waals surface area contributed by atoms with E-state index in [-0.39, 0.29) is 10.8 Å². The van der Waals surface area contributed by atoms with Crippen molar-refractivity contribution in [1.82, 2.24) is 0 Å². The van der Waals surface area contributed by atoms with Gasteiger partial charge in [0, 0.05) is 0 Å². The van der Waals surface area contributed by atoms with Crippen molar-refractivity contribution in [2.75, 3.05) is 0 Å². The molecule has 0 saturated heterocycles. The molecule has 3 aliphatic carbocycles. The van der Waals surface area contributed by atoms with Crippen LogP contribution < -0.4 is 0 Å². The highest BCUT2D eigenvalue weighted by atomic mass is 14.5. The van der Waals surface area contributed by atoms with E-state index in [9.17, 15) is 0 Å². The minimum Gasteiger partial charge on any atom is -0.0799 e. The molecule has 0 radical (unpaired) electrons. The molecular formula is C21H30. The predicted molar refractivity (Wildman–Crippen MR) is 91.9 cm³/mol. The molecule has 0 aliphatic heterocycles. The Kier molecular flexibility index (Phi) is 3.35. The van der Waals surface area contributed by atoms with Crippen LogP contribution in [0.25, 0.3) is 0 Å². The Labute approximate surface area is 130 Å². The Morgan fingerprint density at radius 2 is 1.10 bits per heavy atom. The van der Waals surface area contributed by atoms with Crippen molar-refractivity contribution in [1.29, 1.82) is 0 Å². The lowest BCUT2D eigenvalue weighted by Gasteiger charge is -2.30. The maximum absolute atomic E-state index is 2.57. The molecule has 0 amide bonds. The fourth-order valence-electron chi connectivity index (χ4n) is 4.10. The van der Waals surface area contributed by atoms with Crippen LogP contribution in [0.15, 0.2) is 47.6 Å². The largest absolute Gasteiger partial charge is 0.0799 e. The van der Waals surface area contributed by atoms with E-state index in [1.54, 1.807) is 0 Å². The molecule has 0 bridgehead atoms. The van der Waals surface area contributed by atoms with Crippen molar-refractivity contribution in [3.05, 3.63) is 47.6 Å². The van der Waals surface area contributed by atoms with Gasteiger partial charge in [-0.1, -0.05) is 78.0 Å². The molecule has 0 spiro atoms. The van der Waals surface area contributed by atoms with Gasteiger partial charge in [0.05, 0.1) is 0 Å². The Balaban J connectivity index is 1.86. The second-order valence-corrected chi connectivity index (χ2v) is 9.18. The standard InChI is InChI=1S/C21H30/c1-20(2,3)16-7-9-18-14(12-16)11-15-13-17(21(4,5)6)8-10-19(15)18/h7-10,12-15,18-19H,11H2,1-6H3. The second kappa shape index (κ2) is 4.73. The maximum Gasteiger partial charge on any atom is -0.00981 e. The van der Waals surface area contributed by atoms with Gasteiger partial charge >= 0.3 is 0 Å². The van der Waals surface area contributed by atoms with E-state index in [0.717, 1.165) is 23.7 Å². The molecule has 21 heavy (non-hydrogen) atoms. The molecule has 3 aliphatic rings. The van der Waals surface area contributed by atoms with Gasteiger partial charge in [-0.15, -0.1) is 0 Å². The first-order valence-electron chi connectivity index (χ1n) is 8.47. The van der Waals surface area contributed by atoms with Crippen LogP contribution in [-0.2, 0) is 0 Å². The summed E-state index contributed by atoms with van der Waals surface area (Å²) in [5.74, 6) is 2.91. The minimum absolute atomic E-state index is 0.275. The Hall–Kier alpha value is -1.04. The van der Waals surface area contributed by atoms with Gasteiger partial charge in [0.15, 0.2) is 0 Å². The molecule has 0 N–H and O–H groups in total. The van der Waals surface area contributed by atoms with Crippen LogP contribution >= 0.6 is 0 Å². The minimum atomic E-state index is 0.275. The van der Waals surface area contributed by atoms with Crippen LogP contribution in [0.3, 0.4) is 0 Å². The number of fused-ring (bicyclic) bond motifs is 3. The van der Waals surface area contributed by atoms with E-state index in [2.05, 4.69) is 78.0 Å². The normalized spacial score (nSPS) is 35.1. The summed E-state index contributed by atoms with van der Waals surface area (Å²) in [6.07, 6.45) is 16.2. The van der Waals surface area contributed by atoms with E-state index in [4.69, 9.17) is 0 Å². The van der Waals surface area contributed by atoms with Gasteiger partial charge in [0.25, 0.3) is 0 Å². The van der Waals surface area contributed by atoms with Gasteiger partial charge in [-0.05, 0) is 52.1 Å². The van der Waals surface area contributed by atoms with Gasteiger partial charge in [0.2, 0.25) is 0 Å². The number of hydrogen-bond donors (Lipinski definition) is 0. The molecule has 4 atom stereocenters. The SMILES string of the molecule is CC(C)(C)C1=CC2CC3C=C(C(C)(C)C)C=CC3C2C=C1. The molecule has 0 heteroatoms. The third-order valence-electron chi connectivity index (χ3n) is 5.49. The monoisotopic (exact) mass is 282 g/mol. The average Bonchev–Trinajstić information content (AvgIpc) is 2.73. The first-order chi connectivity index (χ1) is 9.66. The summed E-state index contributed by atoms with van der Waals surface area (Å²) in [6, 6.07) is 0. The van der Waals surface area contributed by atoms with E-state index < -0.39 is 0 Å². The van der Waals surface area contributed by atoms with Gasteiger partial charge in [0.1, 0.15) is 0 Å². The van der Waals surface area contributed by atoms with Crippen LogP contribution in [0.1, 0.15) is 48.0 Å². The van der Waals surface area contributed by atoms with Gasteiger partial charge in [-0.3, -0.25) is 0 Å². The highest BCUT2D eigenvalue weighted by molar-refractivity contribution is 5.37. The number of allylic oxidation sites excluding steroid dienone is 8. The highest BCUT2D eigenvalue weighted by Crippen LogP contribution is 2.51. The Bertz CT molecular complexity index is 490. The molecule has 4 unspecified atom stereocenters. The van der Waals surface area contributed by atoms with E-state index in [1.165, 1.54) is 17.6 Å². The molecular weight excluding hydrogens is 252 g/mol.